The topological polar surface area (TPSA) is 84.9 Å². The average Bonchev–Trinajstić information content (AvgIpc) is 2.45. The van der Waals surface area contributed by atoms with E-state index in [1.807, 2.05) is 6.92 Å². The molecule has 1 aromatic rings. The van der Waals surface area contributed by atoms with Gasteiger partial charge in [-0.2, -0.15) is 0 Å². The van der Waals surface area contributed by atoms with Crippen LogP contribution in [0.2, 0.25) is 0 Å². The highest BCUT2D eigenvalue weighted by Gasteiger charge is 2.14. The highest BCUT2D eigenvalue weighted by Crippen LogP contribution is 2.24. The summed E-state index contributed by atoms with van der Waals surface area (Å²) in [5.74, 6) is -0.845. The number of hydrogen-bond donors (Lipinski definition) is 2. The van der Waals surface area contributed by atoms with Crippen molar-refractivity contribution in [2.24, 2.45) is 0 Å². The molecular weight excluding hydrogens is 262 g/mol. The first-order valence-electron chi connectivity index (χ1n) is 6.39. The summed E-state index contributed by atoms with van der Waals surface area (Å²) in [4.78, 5) is 22.6. The number of carboxylic acids is 1. The van der Waals surface area contributed by atoms with Gasteiger partial charge in [0.15, 0.2) is 6.61 Å². The van der Waals surface area contributed by atoms with Crippen LogP contribution in [0.25, 0.3) is 0 Å². The molecule has 20 heavy (non-hydrogen) atoms. The Morgan fingerprint density at radius 2 is 2.10 bits per heavy atom. The predicted molar refractivity (Wildman–Crippen MR) is 73.4 cm³/mol. The van der Waals surface area contributed by atoms with E-state index >= 15 is 0 Å². The highest BCUT2D eigenvalue weighted by molar-refractivity contribution is 5.91. The number of methoxy groups -OCH3 is 1. The van der Waals surface area contributed by atoms with Gasteiger partial charge < -0.3 is 19.9 Å². The third-order valence-corrected chi connectivity index (χ3v) is 2.63. The number of ether oxygens (including phenoxy) is 2. The van der Waals surface area contributed by atoms with E-state index < -0.39 is 5.97 Å². The first kappa shape index (κ1) is 15.8. The van der Waals surface area contributed by atoms with Crippen LogP contribution in [0, 0.1) is 0 Å². The lowest BCUT2D eigenvalue weighted by Crippen LogP contribution is -2.29. The number of nitrogens with one attached hydrogen (secondary N) is 1. The van der Waals surface area contributed by atoms with E-state index in [1.165, 1.54) is 19.2 Å². The van der Waals surface area contributed by atoms with Crippen molar-refractivity contribution in [2.75, 3.05) is 20.3 Å². The maximum atomic E-state index is 11.5. The minimum Gasteiger partial charge on any atom is -0.497 e. The second kappa shape index (κ2) is 8.04. The summed E-state index contributed by atoms with van der Waals surface area (Å²) in [6, 6.07) is 4.41. The van der Waals surface area contributed by atoms with Crippen LogP contribution in [0.15, 0.2) is 18.2 Å². The van der Waals surface area contributed by atoms with Gasteiger partial charge in [0, 0.05) is 6.54 Å². The van der Waals surface area contributed by atoms with Crippen molar-refractivity contribution in [3.8, 4) is 11.5 Å². The van der Waals surface area contributed by atoms with Crippen molar-refractivity contribution in [2.45, 2.75) is 19.8 Å². The lowest BCUT2D eigenvalue weighted by molar-refractivity contribution is -0.123. The SMILES string of the molecule is CCCCNC(=O)COc1ccc(OC)cc1C(=O)O. The van der Waals surface area contributed by atoms with E-state index in [2.05, 4.69) is 5.32 Å². The molecule has 0 aliphatic heterocycles. The second-order valence-corrected chi connectivity index (χ2v) is 4.16. The fraction of sp³-hybridized carbons (Fsp3) is 0.429. The first-order valence-corrected chi connectivity index (χ1v) is 6.39. The quantitative estimate of drug-likeness (QED) is 0.708. The van der Waals surface area contributed by atoms with Gasteiger partial charge in [-0.1, -0.05) is 13.3 Å². The van der Waals surface area contributed by atoms with E-state index in [4.69, 9.17) is 14.6 Å². The third kappa shape index (κ3) is 4.79. The van der Waals surface area contributed by atoms with Gasteiger partial charge in [-0.05, 0) is 24.6 Å². The molecule has 0 aliphatic rings. The molecule has 0 spiro atoms. The molecule has 0 aliphatic carbocycles. The highest BCUT2D eigenvalue weighted by atomic mass is 16.5. The molecule has 6 nitrogen and oxygen atoms in total. The molecule has 0 atom stereocenters. The van der Waals surface area contributed by atoms with E-state index in [1.54, 1.807) is 6.07 Å². The van der Waals surface area contributed by atoms with E-state index in [0.717, 1.165) is 12.8 Å². The van der Waals surface area contributed by atoms with Gasteiger partial charge in [0.2, 0.25) is 0 Å². The molecule has 0 bridgehead atoms. The van der Waals surface area contributed by atoms with Crippen molar-refractivity contribution in [3.05, 3.63) is 23.8 Å². The average molecular weight is 281 g/mol. The van der Waals surface area contributed by atoms with Crippen molar-refractivity contribution >= 4 is 11.9 Å². The number of benzene rings is 1. The van der Waals surface area contributed by atoms with Gasteiger partial charge in [-0.15, -0.1) is 0 Å². The monoisotopic (exact) mass is 281 g/mol. The molecule has 110 valence electrons. The summed E-state index contributed by atoms with van der Waals surface area (Å²) >= 11 is 0. The number of hydrogen-bond acceptors (Lipinski definition) is 4. The number of unbranched alkanes of at least 4 members (excludes halogenated alkanes) is 1. The standard InChI is InChI=1S/C14H19NO5/c1-3-4-7-15-13(16)9-20-12-6-5-10(19-2)8-11(12)14(17)18/h5-6,8H,3-4,7,9H2,1-2H3,(H,15,16)(H,17,18). The molecule has 1 rings (SSSR count). The van der Waals surface area contributed by atoms with Gasteiger partial charge in [-0.25, -0.2) is 4.79 Å². The summed E-state index contributed by atoms with van der Waals surface area (Å²) in [6.45, 7) is 2.41. The summed E-state index contributed by atoms with van der Waals surface area (Å²) in [6.07, 6.45) is 1.89. The fourth-order valence-electron chi connectivity index (χ4n) is 1.53. The maximum Gasteiger partial charge on any atom is 0.339 e. The Morgan fingerprint density at radius 1 is 1.35 bits per heavy atom. The molecule has 6 heteroatoms. The van der Waals surface area contributed by atoms with Gasteiger partial charge in [0.25, 0.3) is 5.91 Å². The zero-order valence-corrected chi connectivity index (χ0v) is 11.6. The molecule has 0 heterocycles. The molecule has 0 fully saturated rings. The van der Waals surface area contributed by atoms with Crippen molar-refractivity contribution < 1.29 is 24.2 Å². The summed E-state index contributed by atoms with van der Waals surface area (Å²) < 4.78 is 10.2. The largest absolute Gasteiger partial charge is 0.497 e. The summed E-state index contributed by atoms with van der Waals surface area (Å²) in [5.41, 5.74) is -0.0364. The minimum absolute atomic E-state index is 0.0364. The molecule has 2 N–H and O–H groups in total. The number of rotatable bonds is 8. The molecular formula is C14H19NO5. The summed E-state index contributed by atoms with van der Waals surface area (Å²) in [5, 5.41) is 11.8. The van der Waals surface area contributed by atoms with Gasteiger partial charge in [0.05, 0.1) is 7.11 Å². The van der Waals surface area contributed by atoms with Crippen LogP contribution in [-0.4, -0.2) is 37.2 Å². The van der Waals surface area contributed by atoms with Crippen LogP contribution in [0.1, 0.15) is 30.1 Å². The van der Waals surface area contributed by atoms with Crippen LogP contribution in [0.5, 0.6) is 11.5 Å². The number of carbonyl (C=O) groups excluding carboxylic acids is 1. The molecule has 0 saturated carbocycles. The lowest BCUT2D eigenvalue weighted by Gasteiger charge is -2.10. The van der Waals surface area contributed by atoms with E-state index in [-0.39, 0.29) is 23.8 Å². The van der Waals surface area contributed by atoms with Crippen molar-refractivity contribution in [1.29, 1.82) is 0 Å². The molecule has 1 amide bonds. The van der Waals surface area contributed by atoms with Crippen molar-refractivity contribution in [1.82, 2.24) is 5.32 Å². The second-order valence-electron chi connectivity index (χ2n) is 4.16. The number of carboxylic acid groups (broad SMARTS) is 1. The maximum absolute atomic E-state index is 11.5. The lowest BCUT2D eigenvalue weighted by atomic mass is 10.2. The fourth-order valence-corrected chi connectivity index (χ4v) is 1.53. The van der Waals surface area contributed by atoms with E-state index in [0.29, 0.717) is 12.3 Å². The van der Waals surface area contributed by atoms with Crippen LogP contribution >= 0.6 is 0 Å². The van der Waals surface area contributed by atoms with Gasteiger partial charge in [-0.3, -0.25) is 4.79 Å². The molecule has 0 saturated heterocycles. The molecule has 0 radical (unpaired) electrons. The van der Waals surface area contributed by atoms with Crippen LogP contribution in [0.3, 0.4) is 0 Å². The van der Waals surface area contributed by atoms with Crippen molar-refractivity contribution in [3.63, 3.8) is 0 Å². The minimum atomic E-state index is -1.13. The van der Waals surface area contributed by atoms with Crippen LogP contribution in [-0.2, 0) is 4.79 Å². The molecule has 0 unspecified atom stereocenters. The number of amides is 1. The number of carbonyl (C=O) groups is 2. The smallest absolute Gasteiger partial charge is 0.339 e. The molecule has 0 aromatic heterocycles. The Labute approximate surface area is 117 Å². The Morgan fingerprint density at radius 3 is 2.70 bits per heavy atom. The third-order valence-electron chi connectivity index (χ3n) is 2.63. The molecule has 1 aromatic carbocycles. The van der Waals surface area contributed by atoms with E-state index in [9.17, 15) is 9.59 Å². The predicted octanol–water partition coefficient (Wildman–Crippen LogP) is 1.69. The Balaban J connectivity index is 2.63. The Kier molecular flexibility index (Phi) is 6.36. The number of aromatic carboxylic acids is 1. The Bertz CT molecular complexity index is 473. The zero-order valence-electron chi connectivity index (χ0n) is 11.6. The Hall–Kier alpha value is -2.24. The van der Waals surface area contributed by atoms with Gasteiger partial charge in [0.1, 0.15) is 17.1 Å². The summed E-state index contributed by atoms with van der Waals surface area (Å²) in [7, 11) is 1.45. The first-order chi connectivity index (χ1) is 9.58. The van der Waals surface area contributed by atoms with Crippen LogP contribution in [0.4, 0.5) is 0 Å². The normalized spacial score (nSPS) is 9.90. The van der Waals surface area contributed by atoms with Gasteiger partial charge >= 0.3 is 5.97 Å². The van der Waals surface area contributed by atoms with Crippen LogP contribution < -0.4 is 14.8 Å². The zero-order chi connectivity index (χ0) is 15.0.